The SMILES string of the molecule is CC(C)(C)c1cnc2cnc(N)cc2n1. The van der Waals surface area contributed by atoms with Crippen LogP contribution in [-0.2, 0) is 5.41 Å². The third-order valence-corrected chi connectivity index (χ3v) is 2.22. The Morgan fingerprint density at radius 1 is 1.07 bits per heavy atom. The van der Waals surface area contributed by atoms with Gasteiger partial charge in [0.1, 0.15) is 11.3 Å². The molecule has 0 fully saturated rings. The van der Waals surface area contributed by atoms with E-state index in [9.17, 15) is 0 Å². The van der Waals surface area contributed by atoms with E-state index in [4.69, 9.17) is 5.73 Å². The van der Waals surface area contributed by atoms with Crippen molar-refractivity contribution >= 4 is 16.9 Å². The number of hydrogen-bond acceptors (Lipinski definition) is 4. The fourth-order valence-corrected chi connectivity index (χ4v) is 1.29. The normalized spacial score (nSPS) is 11.9. The number of pyridine rings is 1. The number of nitrogen functional groups attached to an aromatic ring is 1. The first kappa shape index (κ1) is 9.83. The van der Waals surface area contributed by atoms with Crippen molar-refractivity contribution in [3.63, 3.8) is 0 Å². The number of nitrogens with zero attached hydrogens (tertiary/aromatic N) is 3. The van der Waals surface area contributed by atoms with Crippen LogP contribution in [-0.4, -0.2) is 15.0 Å². The highest BCUT2D eigenvalue weighted by molar-refractivity contribution is 5.75. The van der Waals surface area contributed by atoms with E-state index in [2.05, 4.69) is 35.7 Å². The third kappa shape index (κ3) is 1.88. The highest BCUT2D eigenvalue weighted by atomic mass is 14.9. The van der Waals surface area contributed by atoms with Crippen LogP contribution in [0.5, 0.6) is 0 Å². The van der Waals surface area contributed by atoms with Crippen LogP contribution >= 0.6 is 0 Å². The largest absolute Gasteiger partial charge is 0.384 e. The Morgan fingerprint density at radius 2 is 1.80 bits per heavy atom. The lowest BCUT2D eigenvalue weighted by atomic mass is 9.92. The Bertz CT molecular complexity index is 499. The second-order valence-corrected chi connectivity index (χ2v) is 4.60. The molecule has 0 unspecified atom stereocenters. The molecule has 0 aliphatic rings. The molecule has 0 atom stereocenters. The number of nitrogens with two attached hydrogens (primary N) is 1. The van der Waals surface area contributed by atoms with Gasteiger partial charge in [0, 0.05) is 17.7 Å². The van der Waals surface area contributed by atoms with Crippen molar-refractivity contribution in [2.75, 3.05) is 5.73 Å². The number of fused-ring (bicyclic) bond motifs is 1. The lowest BCUT2D eigenvalue weighted by molar-refractivity contribution is 0.568. The summed E-state index contributed by atoms with van der Waals surface area (Å²) in [7, 11) is 0. The van der Waals surface area contributed by atoms with Crippen molar-refractivity contribution in [1.29, 1.82) is 0 Å². The molecule has 2 heterocycles. The van der Waals surface area contributed by atoms with Gasteiger partial charge >= 0.3 is 0 Å². The first-order valence-corrected chi connectivity index (χ1v) is 4.85. The second kappa shape index (κ2) is 3.15. The van der Waals surface area contributed by atoms with Gasteiger partial charge in [0.25, 0.3) is 0 Å². The molecule has 2 rings (SSSR count). The Balaban J connectivity index is 2.64. The molecule has 78 valence electrons. The summed E-state index contributed by atoms with van der Waals surface area (Å²) in [6, 6.07) is 1.75. The molecule has 0 bridgehead atoms. The molecule has 4 nitrogen and oxygen atoms in total. The van der Waals surface area contributed by atoms with Crippen molar-refractivity contribution < 1.29 is 0 Å². The molecule has 15 heavy (non-hydrogen) atoms. The number of anilines is 1. The summed E-state index contributed by atoms with van der Waals surface area (Å²) in [6.45, 7) is 6.31. The minimum atomic E-state index is -0.000772. The Labute approximate surface area is 88.6 Å². The standard InChI is InChI=1S/C11H14N4/c1-11(2,3)9-6-13-8-5-14-10(12)4-7(8)15-9/h4-6H,1-3H3,(H2,12,14). The summed E-state index contributed by atoms with van der Waals surface area (Å²) in [4.78, 5) is 12.8. The van der Waals surface area contributed by atoms with Gasteiger partial charge < -0.3 is 5.73 Å². The van der Waals surface area contributed by atoms with E-state index >= 15 is 0 Å². The van der Waals surface area contributed by atoms with E-state index in [1.54, 1.807) is 18.5 Å². The smallest absolute Gasteiger partial charge is 0.125 e. The van der Waals surface area contributed by atoms with Crippen LogP contribution in [0.3, 0.4) is 0 Å². The molecule has 0 saturated heterocycles. The van der Waals surface area contributed by atoms with Gasteiger partial charge in [0.05, 0.1) is 17.4 Å². The monoisotopic (exact) mass is 202 g/mol. The van der Waals surface area contributed by atoms with Crippen LogP contribution in [0, 0.1) is 0 Å². The van der Waals surface area contributed by atoms with Crippen molar-refractivity contribution in [2.24, 2.45) is 0 Å². The molecule has 2 N–H and O–H groups in total. The van der Waals surface area contributed by atoms with E-state index in [1.165, 1.54) is 0 Å². The summed E-state index contributed by atoms with van der Waals surface area (Å²) < 4.78 is 0. The van der Waals surface area contributed by atoms with Gasteiger partial charge in [-0.2, -0.15) is 0 Å². The molecule has 0 aliphatic heterocycles. The number of rotatable bonds is 0. The Morgan fingerprint density at radius 3 is 2.47 bits per heavy atom. The van der Waals surface area contributed by atoms with E-state index in [-0.39, 0.29) is 5.41 Å². The van der Waals surface area contributed by atoms with Crippen molar-refractivity contribution in [3.05, 3.63) is 24.2 Å². The molecule has 2 aromatic rings. The molecule has 4 heteroatoms. The lowest BCUT2D eigenvalue weighted by Gasteiger charge is -2.17. The summed E-state index contributed by atoms with van der Waals surface area (Å²) in [5.74, 6) is 0.475. The Hall–Kier alpha value is -1.71. The summed E-state index contributed by atoms with van der Waals surface area (Å²) in [6.07, 6.45) is 3.43. The molecule has 0 aromatic carbocycles. The van der Waals surface area contributed by atoms with E-state index in [0.29, 0.717) is 5.82 Å². The molecule has 0 radical (unpaired) electrons. The molecule has 0 spiro atoms. The van der Waals surface area contributed by atoms with Gasteiger partial charge in [0.15, 0.2) is 0 Å². The average Bonchev–Trinajstić information content (AvgIpc) is 2.15. The van der Waals surface area contributed by atoms with Crippen LogP contribution in [0.15, 0.2) is 18.5 Å². The molecule has 2 aromatic heterocycles. The second-order valence-electron chi connectivity index (χ2n) is 4.60. The number of aromatic nitrogens is 3. The van der Waals surface area contributed by atoms with Crippen molar-refractivity contribution in [2.45, 2.75) is 26.2 Å². The maximum atomic E-state index is 5.60. The first-order chi connectivity index (χ1) is 6.97. The van der Waals surface area contributed by atoms with Gasteiger partial charge in [-0.05, 0) is 0 Å². The van der Waals surface area contributed by atoms with Gasteiger partial charge in [-0.25, -0.2) is 9.97 Å². The maximum absolute atomic E-state index is 5.60. The topological polar surface area (TPSA) is 64.7 Å². The fourth-order valence-electron chi connectivity index (χ4n) is 1.29. The van der Waals surface area contributed by atoms with Crippen LogP contribution in [0.25, 0.3) is 11.0 Å². The molecular weight excluding hydrogens is 188 g/mol. The van der Waals surface area contributed by atoms with Crippen LogP contribution in [0.4, 0.5) is 5.82 Å². The minimum absolute atomic E-state index is 0.000772. The third-order valence-electron chi connectivity index (χ3n) is 2.22. The van der Waals surface area contributed by atoms with Crippen LogP contribution in [0.2, 0.25) is 0 Å². The van der Waals surface area contributed by atoms with Crippen LogP contribution in [0.1, 0.15) is 26.5 Å². The highest BCUT2D eigenvalue weighted by Gasteiger charge is 2.16. The first-order valence-electron chi connectivity index (χ1n) is 4.85. The zero-order valence-electron chi connectivity index (χ0n) is 9.15. The lowest BCUT2D eigenvalue weighted by Crippen LogP contribution is -2.14. The van der Waals surface area contributed by atoms with E-state index < -0.39 is 0 Å². The van der Waals surface area contributed by atoms with Gasteiger partial charge in [-0.15, -0.1) is 0 Å². The predicted octanol–water partition coefficient (Wildman–Crippen LogP) is 1.90. The summed E-state index contributed by atoms with van der Waals surface area (Å²) in [5, 5.41) is 0. The van der Waals surface area contributed by atoms with E-state index in [0.717, 1.165) is 16.7 Å². The summed E-state index contributed by atoms with van der Waals surface area (Å²) in [5.41, 5.74) is 8.14. The quantitative estimate of drug-likeness (QED) is 0.708. The van der Waals surface area contributed by atoms with Gasteiger partial charge in [0.2, 0.25) is 0 Å². The van der Waals surface area contributed by atoms with Crippen molar-refractivity contribution in [1.82, 2.24) is 15.0 Å². The van der Waals surface area contributed by atoms with Gasteiger partial charge in [-0.1, -0.05) is 20.8 Å². The average molecular weight is 202 g/mol. The zero-order valence-corrected chi connectivity index (χ0v) is 9.15. The van der Waals surface area contributed by atoms with E-state index in [1.807, 2.05) is 0 Å². The minimum Gasteiger partial charge on any atom is -0.384 e. The molecule has 0 amide bonds. The Kier molecular flexibility index (Phi) is 2.07. The molecular formula is C11H14N4. The van der Waals surface area contributed by atoms with Crippen LogP contribution < -0.4 is 5.73 Å². The maximum Gasteiger partial charge on any atom is 0.125 e. The zero-order chi connectivity index (χ0) is 11.1. The molecule has 0 saturated carbocycles. The van der Waals surface area contributed by atoms with Crippen molar-refractivity contribution in [3.8, 4) is 0 Å². The summed E-state index contributed by atoms with van der Waals surface area (Å²) >= 11 is 0. The number of hydrogen-bond donors (Lipinski definition) is 1. The molecule has 0 aliphatic carbocycles. The highest BCUT2D eigenvalue weighted by Crippen LogP contribution is 2.21. The predicted molar refractivity (Wildman–Crippen MR) is 60.4 cm³/mol. The van der Waals surface area contributed by atoms with Gasteiger partial charge in [-0.3, -0.25) is 4.98 Å². The fraction of sp³-hybridized carbons (Fsp3) is 0.364.